The van der Waals surface area contributed by atoms with Crippen LogP contribution in [-0.2, 0) is 14.3 Å². The summed E-state index contributed by atoms with van der Waals surface area (Å²) in [6.45, 7) is 6.14. The monoisotopic (exact) mass is 348 g/mol. The fraction of sp³-hybridized carbons (Fsp3) is 0.579. The first kappa shape index (κ1) is 17.6. The predicted molar refractivity (Wildman–Crippen MR) is 89.9 cm³/mol. The van der Waals surface area contributed by atoms with Crippen LogP contribution in [-0.4, -0.2) is 32.8 Å². The molecule has 1 unspecified atom stereocenters. The van der Waals surface area contributed by atoms with Crippen LogP contribution in [0.3, 0.4) is 0 Å². The number of benzene rings is 1. The minimum Gasteiger partial charge on any atom is -0.496 e. The average molecular weight is 348 g/mol. The van der Waals surface area contributed by atoms with E-state index in [1.165, 1.54) is 7.11 Å². The van der Waals surface area contributed by atoms with Gasteiger partial charge in [0.2, 0.25) is 0 Å². The van der Waals surface area contributed by atoms with E-state index in [2.05, 4.69) is 13.8 Å². The highest BCUT2D eigenvalue weighted by Gasteiger charge is 2.69. The molecular formula is C19H24O6. The maximum atomic E-state index is 12.8. The van der Waals surface area contributed by atoms with E-state index in [0.717, 1.165) is 5.56 Å². The number of esters is 2. The highest BCUT2D eigenvalue weighted by atomic mass is 16.6. The molecule has 6 heteroatoms. The van der Waals surface area contributed by atoms with Gasteiger partial charge in [0.15, 0.2) is 5.41 Å². The quantitative estimate of drug-likeness (QED) is 0.463. The predicted octanol–water partition coefficient (Wildman–Crippen LogP) is 2.93. The molecule has 1 aliphatic carbocycles. The Morgan fingerprint density at radius 3 is 2.60 bits per heavy atom. The van der Waals surface area contributed by atoms with Crippen LogP contribution in [0.5, 0.6) is 17.2 Å². The summed E-state index contributed by atoms with van der Waals surface area (Å²) in [5, 5.41) is 0. The Morgan fingerprint density at radius 2 is 2.04 bits per heavy atom. The van der Waals surface area contributed by atoms with Crippen molar-refractivity contribution in [1.82, 2.24) is 0 Å². The molecule has 1 heterocycles. The Labute approximate surface area is 147 Å². The van der Waals surface area contributed by atoms with Crippen molar-refractivity contribution >= 4 is 11.9 Å². The molecule has 1 aliphatic heterocycles. The first-order valence-electron chi connectivity index (χ1n) is 8.56. The summed E-state index contributed by atoms with van der Waals surface area (Å²) in [5.74, 6) is 0.593. The zero-order chi connectivity index (χ0) is 18.4. The molecule has 3 atom stereocenters. The Kier molecular flexibility index (Phi) is 4.39. The number of carbonyl (C=O) groups excluding carboxylic acids is 2. The van der Waals surface area contributed by atoms with E-state index in [0.29, 0.717) is 29.6 Å². The van der Waals surface area contributed by atoms with E-state index in [9.17, 15) is 9.59 Å². The van der Waals surface area contributed by atoms with Crippen LogP contribution >= 0.6 is 0 Å². The van der Waals surface area contributed by atoms with Gasteiger partial charge < -0.3 is 18.9 Å². The van der Waals surface area contributed by atoms with Crippen molar-refractivity contribution < 1.29 is 28.5 Å². The number of fused-ring (bicyclic) bond motifs is 3. The van der Waals surface area contributed by atoms with Gasteiger partial charge in [-0.1, -0.05) is 13.8 Å². The van der Waals surface area contributed by atoms with E-state index in [1.807, 2.05) is 0 Å². The molecule has 0 amide bonds. The molecule has 2 aliphatic rings. The van der Waals surface area contributed by atoms with Crippen LogP contribution < -0.4 is 14.2 Å². The molecule has 3 rings (SSSR count). The van der Waals surface area contributed by atoms with Crippen molar-refractivity contribution in [1.29, 1.82) is 0 Å². The lowest BCUT2D eigenvalue weighted by Gasteiger charge is -2.55. The second-order valence-corrected chi connectivity index (χ2v) is 6.91. The van der Waals surface area contributed by atoms with Crippen LogP contribution in [0.2, 0.25) is 0 Å². The molecular weight excluding hydrogens is 324 g/mol. The van der Waals surface area contributed by atoms with E-state index in [-0.39, 0.29) is 18.4 Å². The standard InChI is InChI=1S/C19H24O6/c1-6-24-17(20)19-9-12(10(2)3)16(19)15-13(23-5)7-11(22-4)8-14(15)25-18(19)21/h7-8,10,12,16H,6,9H2,1-5H3/t12?,16-,19-/m1/s1. The SMILES string of the molecule is CCOC(=O)[C@@]12CC(C(C)C)[C@@H]1c1c(OC)cc(OC)cc1OC2=O. The minimum atomic E-state index is -1.28. The lowest BCUT2D eigenvalue weighted by Crippen LogP contribution is -2.61. The molecule has 1 aromatic rings. The van der Waals surface area contributed by atoms with Crippen molar-refractivity contribution in [3.8, 4) is 17.2 Å². The van der Waals surface area contributed by atoms with E-state index in [4.69, 9.17) is 18.9 Å². The molecule has 1 saturated carbocycles. The zero-order valence-corrected chi connectivity index (χ0v) is 15.3. The number of rotatable bonds is 5. The van der Waals surface area contributed by atoms with Gasteiger partial charge in [0.25, 0.3) is 0 Å². The van der Waals surface area contributed by atoms with Gasteiger partial charge in [-0.05, 0) is 25.2 Å². The van der Waals surface area contributed by atoms with Crippen LogP contribution in [0.1, 0.15) is 38.7 Å². The van der Waals surface area contributed by atoms with Crippen molar-refractivity contribution in [2.24, 2.45) is 17.3 Å². The first-order valence-corrected chi connectivity index (χ1v) is 8.56. The third-order valence-electron chi connectivity index (χ3n) is 5.42. The molecule has 0 radical (unpaired) electrons. The molecule has 0 N–H and O–H groups in total. The van der Waals surface area contributed by atoms with Crippen molar-refractivity contribution in [3.05, 3.63) is 17.7 Å². The van der Waals surface area contributed by atoms with Crippen molar-refractivity contribution in [2.45, 2.75) is 33.1 Å². The van der Waals surface area contributed by atoms with Gasteiger partial charge in [-0.3, -0.25) is 9.59 Å². The molecule has 0 saturated heterocycles. The maximum Gasteiger partial charge on any atom is 0.329 e. The van der Waals surface area contributed by atoms with Gasteiger partial charge in [-0.2, -0.15) is 0 Å². The summed E-state index contributed by atoms with van der Waals surface area (Å²) in [4.78, 5) is 25.5. The molecule has 0 aromatic heterocycles. The fourth-order valence-electron chi connectivity index (χ4n) is 4.11. The molecule has 1 aromatic carbocycles. The summed E-state index contributed by atoms with van der Waals surface area (Å²) >= 11 is 0. The number of methoxy groups -OCH3 is 2. The summed E-state index contributed by atoms with van der Waals surface area (Å²) in [6.07, 6.45) is 0.432. The Balaban J connectivity index is 2.18. The normalized spacial score (nSPS) is 26.9. The van der Waals surface area contributed by atoms with E-state index < -0.39 is 17.4 Å². The van der Waals surface area contributed by atoms with Gasteiger partial charge in [0.05, 0.1) is 20.8 Å². The largest absolute Gasteiger partial charge is 0.496 e. The van der Waals surface area contributed by atoms with Gasteiger partial charge in [-0.25, -0.2) is 0 Å². The number of carbonyl (C=O) groups is 2. The highest BCUT2D eigenvalue weighted by molar-refractivity contribution is 6.05. The van der Waals surface area contributed by atoms with Gasteiger partial charge in [-0.15, -0.1) is 0 Å². The van der Waals surface area contributed by atoms with Gasteiger partial charge >= 0.3 is 11.9 Å². The first-order chi connectivity index (χ1) is 11.9. The van der Waals surface area contributed by atoms with Gasteiger partial charge in [0.1, 0.15) is 17.2 Å². The minimum absolute atomic E-state index is 0.165. The third kappa shape index (κ3) is 2.38. The molecule has 6 nitrogen and oxygen atoms in total. The Bertz CT molecular complexity index is 710. The second kappa shape index (κ2) is 6.24. The number of hydrogen-bond donors (Lipinski definition) is 0. The molecule has 0 bridgehead atoms. The maximum absolute atomic E-state index is 12.8. The van der Waals surface area contributed by atoms with Crippen molar-refractivity contribution in [2.75, 3.05) is 20.8 Å². The molecule has 25 heavy (non-hydrogen) atoms. The Hall–Kier alpha value is -2.24. The summed E-state index contributed by atoms with van der Waals surface area (Å²) < 4.78 is 21.6. The third-order valence-corrected chi connectivity index (χ3v) is 5.42. The highest BCUT2D eigenvalue weighted by Crippen LogP contribution is 2.66. The smallest absolute Gasteiger partial charge is 0.329 e. The van der Waals surface area contributed by atoms with Crippen LogP contribution in [0.25, 0.3) is 0 Å². The van der Waals surface area contributed by atoms with E-state index in [1.54, 1.807) is 26.2 Å². The second-order valence-electron chi connectivity index (χ2n) is 6.91. The van der Waals surface area contributed by atoms with Gasteiger partial charge in [0, 0.05) is 23.6 Å². The molecule has 1 fully saturated rings. The lowest BCUT2D eigenvalue weighted by atomic mass is 9.48. The average Bonchev–Trinajstić information content (AvgIpc) is 2.54. The van der Waals surface area contributed by atoms with Crippen LogP contribution in [0.4, 0.5) is 0 Å². The Morgan fingerprint density at radius 1 is 1.32 bits per heavy atom. The summed E-state index contributed by atoms with van der Waals surface area (Å²) in [7, 11) is 3.09. The topological polar surface area (TPSA) is 71.1 Å². The molecule has 136 valence electrons. The molecule has 0 spiro atoms. The lowest BCUT2D eigenvalue weighted by molar-refractivity contribution is -0.186. The van der Waals surface area contributed by atoms with Crippen LogP contribution in [0, 0.1) is 17.3 Å². The number of ether oxygens (including phenoxy) is 4. The van der Waals surface area contributed by atoms with E-state index >= 15 is 0 Å². The number of hydrogen-bond acceptors (Lipinski definition) is 6. The summed E-state index contributed by atoms with van der Waals surface area (Å²) in [5.41, 5.74) is -0.527. The summed E-state index contributed by atoms with van der Waals surface area (Å²) in [6, 6.07) is 3.42. The van der Waals surface area contributed by atoms with Crippen LogP contribution in [0.15, 0.2) is 12.1 Å². The zero-order valence-electron chi connectivity index (χ0n) is 15.3. The fourth-order valence-corrected chi connectivity index (χ4v) is 4.11. The van der Waals surface area contributed by atoms with Crippen molar-refractivity contribution in [3.63, 3.8) is 0 Å².